The standard InChI is InChI=1S/C17H19N3O/c18-16(21)17(14-9-11-19-12-14,13-6-2-1-3-7-13)15-8-4-5-10-20-15/h1-8,10,14,19H,9,11-12H2,(H2,18,21)/t14-,17?/m1/s1. The topological polar surface area (TPSA) is 68.0 Å². The second-order valence-electron chi connectivity index (χ2n) is 5.44. The van der Waals surface area contributed by atoms with Crippen LogP contribution in [-0.2, 0) is 10.2 Å². The average molecular weight is 281 g/mol. The van der Waals surface area contributed by atoms with E-state index in [0.717, 1.165) is 30.8 Å². The van der Waals surface area contributed by atoms with Gasteiger partial charge in [-0.2, -0.15) is 0 Å². The van der Waals surface area contributed by atoms with Gasteiger partial charge in [-0.25, -0.2) is 0 Å². The van der Waals surface area contributed by atoms with E-state index in [-0.39, 0.29) is 11.8 Å². The number of rotatable bonds is 4. The van der Waals surface area contributed by atoms with E-state index in [9.17, 15) is 4.79 Å². The van der Waals surface area contributed by atoms with Crippen LogP contribution >= 0.6 is 0 Å². The number of benzene rings is 1. The van der Waals surface area contributed by atoms with Gasteiger partial charge in [0.25, 0.3) is 0 Å². The Kier molecular flexibility index (Phi) is 3.71. The summed E-state index contributed by atoms with van der Waals surface area (Å²) < 4.78 is 0. The molecule has 1 aliphatic heterocycles. The first kappa shape index (κ1) is 13.8. The van der Waals surface area contributed by atoms with E-state index in [1.165, 1.54) is 0 Å². The summed E-state index contributed by atoms with van der Waals surface area (Å²) in [6.45, 7) is 1.67. The summed E-state index contributed by atoms with van der Waals surface area (Å²) in [6.07, 6.45) is 2.63. The van der Waals surface area contributed by atoms with Gasteiger partial charge in [0.15, 0.2) is 0 Å². The van der Waals surface area contributed by atoms with E-state index < -0.39 is 5.41 Å². The lowest BCUT2D eigenvalue weighted by Gasteiger charge is -2.36. The van der Waals surface area contributed by atoms with Crippen molar-refractivity contribution in [1.82, 2.24) is 10.3 Å². The van der Waals surface area contributed by atoms with Gasteiger partial charge < -0.3 is 11.1 Å². The van der Waals surface area contributed by atoms with Gasteiger partial charge in [0.05, 0.1) is 5.69 Å². The van der Waals surface area contributed by atoms with Crippen LogP contribution in [-0.4, -0.2) is 24.0 Å². The highest BCUT2D eigenvalue weighted by molar-refractivity contribution is 5.90. The van der Waals surface area contributed by atoms with Crippen LogP contribution < -0.4 is 11.1 Å². The number of hydrogen-bond acceptors (Lipinski definition) is 3. The third-order valence-corrected chi connectivity index (χ3v) is 4.36. The molecule has 2 aromatic rings. The minimum Gasteiger partial charge on any atom is -0.369 e. The summed E-state index contributed by atoms with van der Waals surface area (Å²) in [7, 11) is 0. The summed E-state index contributed by atoms with van der Waals surface area (Å²) in [5.41, 5.74) is 6.69. The predicted molar refractivity (Wildman–Crippen MR) is 81.6 cm³/mol. The largest absolute Gasteiger partial charge is 0.369 e. The Balaban J connectivity index is 2.24. The van der Waals surface area contributed by atoms with Crippen molar-refractivity contribution in [2.24, 2.45) is 11.7 Å². The number of nitrogens with two attached hydrogens (primary N) is 1. The Morgan fingerprint density at radius 2 is 1.95 bits per heavy atom. The molecule has 1 aromatic heterocycles. The molecule has 4 nitrogen and oxygen atoms in total. The summed E-state index contributed by atoms with van der Waals surface area (Å²) >= 11 is 0. The number of nitrogens with one attached hydrogen (secondary N) is 1. The maximum atomic E-state index is 12.6. The summed E-state index contributed by atoms with van der Waals surface area (Å²) in [4.78, 5) is 17.0. The second kappa shape index (κ2) is 5.66. The Hall–Kier alpha value is -2.20. The molecule has 108 valence electrons. The number of hydrogen-bond donors (Lipinski definition) is 2. The van der Waals surface area contributed by atoms with Crippen molar-refractivity contribution in [3.63, 3.8) is 0 Å². The molecule has 1 amide bonds. The maximum absolute atomic E-state index is 12.6. The van der Waals surface area contributed by atoms with Gasteiger partial charge in [-0.05, 0) is 43.1 Å². The van der Waals surface area contributed by atoms with Crippen LogP contribution in [0.4, 0.5) is 0 Å². The van der Waals surface area contributed by atoms with Crippen LogP contribution in [0.5, 0.6) is 0 Å². The zero-order valence-corrected chi connectivity index (χ0v) is 11.8. The lowest BCUT2D eigenvalue weighted by atomic mass is 9.66. The zero-order chi connectivity index (χ0) is 14.7. The molecule has 1 saturated heterocycles. The van der Waals surface area contributed by atoms with E-state index >= 15 is 0 Å². The van der Waals surface area contributed by atoms with Gasteiger partial charge in [0, 0.05) is 6.20 Å². The molecule has 2 heterocycles. The third kappa shape index (κ3) is 2.21. The van der Waals surface area contributed by atoms with Gasteiger partial charge in [-0.15, -0.1) is 0 Å². The van der Waals surface area contributed by atoms with E-state index in [0.29, 0.717) is 0 Å². The van der Waals surface area contributed by atoms with E-state index in [1.54, 1.807) is 6.20 Å². The smallest absolute Gasteiger partial charge is 0.234 e. The van der Waals surface area contributed by atoms with Crippen molar-refractivity contribution in [3.8, 4) is 0 Å². The third-order valence-electron chi connectivity index (χ3n) is 4.36. The fourth-order valence-electron chi connectivity index (χ4n) is 3.38. The summed E-state index contributed by atoms with van der Waals surface area (Å²) in [5, 5.41) is 3.34. The lowest BCUT2D eigenvalue weighted by molar-refractivity contribution is -0.123. The first-order valence-electron chi connectivity index (χ1n) is 7.24. The minimum absolute atomic E-state index is 0.118. The van der Waals surface area contributed by atoms with Gasteiger partial charge in [0.2, 0.25) is 5.91 Å². The summed E-state index contributed by atoms with van der Waals surface area (Å²) in [6, 6.07) is 15.4. The average Bonchev–Trinajstić information content (AvgIpc) is 3.04. The van der Waals surface area contributed by atoms with Crippen LogP contribution in [0.2, 0.25) is 0 Å². The SMILES string of the molecule is NC(=O)C(c1ccccc1)(c1ccccn1)[C@@H]1CCNC1. The molecule has 3 N–H and O–H groups in total. The molecule has 1 aromatic carbocycles. The second-order valence-corrected chi connectivity index (χ2v) is 5.44. The molecule has 0 bridgehead atoms. The van der Waals surface area contributed by atoms with Crippen LogP contribution in [0.15, 0.2) is 54.7 Å². The zero-order valence-electron chi connectivity index (χ0n) is 11.8. The fourth-order valence-corrected chi connectivity index (χ4v) is 3.38. The Morgan fingerprint density at radius 1 is 1.19 bits per heavy atom. The minimum atomic E-state index is -0.869. The van der Waals surface area contributed by atoms with E-state index in [4.69, 9.17) is 5.73 Å². The van der Waals surface area contributed by atoms with E-state index in [2.05, 4.69) is 10.3 Å². The van der Waals surface area contributed by atoms with Gasteiger partial charge in [0.1, 0.15) is 5.41 Å². The monoisotopic (exact) mass is 281 g/mol. The molecular weight excluding hydrogens is 262 g/mol. The van der Waals surface area contributed by atoms with Crippen LogP contribution in [0.25, 0.3) is 0 Å². The molecule has 0 aliphatic carbocycles. The van der Waals surface area contributed by atoms with Gasteiger partial charge >= 0.3 is 0 Å². The fraction of sp³-hybridized carbons (Fsp3) is 0.294. The molecule has 3 rings (SSSR count). The van der Waals surface area contributed by atoms with Crippen molar-refractivity contribution >= 4 is 5.91 Å². The van der Waals surface area contributed by atoms with Crippen LogP contribution in [0, 0.1) is 5.92 Å². The summed E-state index contributed by atoms with van der Waals surface area (Å²) in [5.74, 6) is -0.214. The lowest BCUT2D eigenvalue weighted by Crippen LogP contribution is -2.49. The molecule has 2 atom stereocenters. The first-order valence-corrected chi connectivity index (χ1v) is 7.24. The molecule has 0 saturated carbocycles. The predicted octanol–water partition coefficient (Wildman–Crippen LogP) is 1.46. The molecular formula is C17H19N3O. The Labute approximate surface area is 124 Å². The maximum Gasteiger partial charge on any atom is 0.234 e. The normalized spacial score (nSPS) is 20.9. The molecule has 0 spiro atoms. The molecule has 4 heteroatoms. The number of primary amides is 1. The van der Waals surface area contributed by atoms with Crippen LogP contribution in [0.3, 0.4) is 0 Å². The van der Waals surface area contributed by atoms with Gasteiger partial charge in [-0.1, -0.05) is 36.4 Å². The number of amides is 1. The van der Waals surface area contributed by atoms with E-state index in [1.807, 2.05) is 48.5 Å². The van der Waals surface area contributed by atoms with Crippen molar-refractivity contribution in [2.45, 2.75) is 11.8 Å². The first-order chi connectivity index (χ1) is 10.3. The number of carbonyl (C=O) groups is 1. The van der Waals surface area contributed by atoms with Crippen molar-refractivity contribution in [1.29, 1.82) is 0 Å². The number of carbonyl (C=O) groups excluding carboxylic acids is 1. The molecule has 1 aliphatic rings. The quantitative estimate of drug-likeness (QED) is 0.891. The molecule has 1 fully saturated rings. The Morgan fingerprint density at radius 3 is 2.52 bits per heavy atom. The van der Waals surface area contributed by atoms with Crippen molar-refractivity contribution < 1.29 is 4.79 Å². The van der Waals surface area contributed by atoms with Crippen molar-refractivity contribution in [3.05, 3.63) is 66.0 Å². The number of aromatic nitrogens is 1. The number of pyridine rings is 1. The van der Waals surface area contributed by atoms with Crippen LogP contribution in [0.1, 0.15) is 17.7 Å². The van der Waals surface area contributed by atoms with Gasteiger partial charge in [-0.3, -0.25) is 9.78 Å². The number of nitrogens with zero attached hydrogens (tertiary/aromatic N) is 1. The molecule has 0 radical (unpaired) electrons. The van der Waals surface area contributed by atoms with Crippen molar-refractivity contribution in [2.75, 3.05) is 13.1 Å². The highest BCUT2D eigenvalue weighted by atomic mass is 16.1. The molecule has 21 heavy (non-hydrogen) atoms. The Bertz CT molecular complexity index is 567. The highest BCUT2D eigenvalue weighted by Gasteiger charge is 2.49. The highest BCUT2D eigenvalue weighted by Crippen LogP contribution is 2.40. The molecule has 1 unspecified atom stereocenters.